The van der Waals surface area contributed by atoms with Crippen molar-refractivity contribution in [3.63, 3.8) is 0 Å². The van der Waals surface area contributed by atoms with Crippen molar-refractivity contribution in [1.82, 2.24) is 5.32 Å². The van der Waals surface area contributed by atoms with E-state index in [0.29, 0.717) is 11.3 Å². The molecule has 3 amide bonds. The average molecular weight is 387 g/mol. The zero-order chi connectivity index (χ0) is 20.5. The SMILES string of the molecule is Cc1ccc(NC(=O)[C@H](C)OC(=O)CCNC(=O)Nc2ccccc2)cc1F. The third-order valence-electron chi connectivity index (χ3n) is 3.76. The van der Waals surface area contributed by atoms with Crippen molar-refractivity contribution >= 4 is 29.3 Å². The van der Waals surface area contributed by atoms with Gasteiger partial charge in [-0.1, -0.05) is 24.3 Å². The first-order valence-electron chi connectivity index (χ1n) is 8.71. The molecule has 148 valence electrons. The number of urea groups is 1. The minimum Gasteiger partial charge on any atom is -0.452 e. The van der Waals surface area contributed by atoms with Crippen molar-refractivity contribution in [3.05, 3.63) is 59.9 Å². The maximum absolute atomic E-state index is 13.5. The first kappa shape index (κ1) is 20.9. The number of halogens is 1. The number of nitrogens with one attached hydrogen (secondary N) is 3. The van der Waals surface area contributed by atoms with Crippen LogP contribution in [0, 0.1) is 12.7 Å². The minimum absolute atomic E-state index is 0.0506. The van der Waals surface area contributed by atoms with E-state index in [1.165, 1.54) is 19.1 Å². The third-order valence-corrected chi connectivity index (χ3v) is 3.76. The molecule has 2 rings (SSSR count). The van der Waals surface area contributed by atoms with Crippen LogP contribution in [0.25, 0.3) is 0 Å². The van der Waals surface area contributed by atoms with Crippen LogP contribution in [0.5, 0.6) is 0 Å². The predicted molar refractivity (Wildman–Crippen MR) is 103 cm³/mol. The standard InChI is InChI=1S/C20H22FN3O4/c1-13-8-9-16(12-17(13)21)23-19(26)14(2)28-18(25)10-11-22-20(27)24-15-6-4-3-5-7-15/h3-9,12,14H,10-11H2,1-2H3,(H,23,26)(H2,22,24,27)/t14-/m0/s1. The lowest BCUT2D eigenvalue weighted by atomic mass is 10.2. The molecule has 0 spiro atoms. The summed E-state index contributed by atoms with van der Waals surface area (Å²) in [5.41, 5.74) is 1.36. The van der Waals surface area contributed by atoms with Crippen molar-refractivity contribution in [1.29, 1.82) is 0 Å². The Balaban J connectivity index is 1.70. The van der Waals surface area contributed by atoms with Crippen LogP contribution < -0.4 is 16.0 Å². The number of carbonyl (C=O) groups excluding carboxylic acids is 3. The molecule has 7 nitrogen and oxygen atoms in total. The molecule has 0 radical (unpaired) electrons. The highest BCUT2D eigenvalue weighted by molar-refractivity contribution is 5.95. The predicted octanol–water partition coefficient (Wildman–Crippen LogP) is 3.22. The zero-order valence-electron chi connectivity index (χ0n) is 15.6. The molecule has 0 aromatic heterocycles. The number of ether oxygens (including phenoxy) is 1. The highest BCUT2D eigenvalue weighted by Gasteiger charge is 2.18. The number of aryl methyl sites for hydroxylation is 1. The van der Waals surface area contributed by atoms with Crippen molar-refractivity contribution < 1.29 is 23.5 Å². The van der Waals surface area contributed by atoms with Gasteiger partial charge in [-0.2, -0.15) is 0 Å². The Kier molecular flexibility index (Phi) is 7.50. The Labute approximate surface area is 162 Å². The summed E-state index contributed by atoms with van der Waals surface area (Å²) in [5, 5.41) is 7.62. The molecule has 3 N–H and O–H groups in total. The second-order valence-electron chi connectivity index (χ2n) is 6.08. The van der Waals surface area contributed by atoms with Gasteiger partial charge in [0.15, 0.2) is 6.10 Å². The van der Waals surface area contributed by atoms with E-state index >= 15 is 0 Å². The molecule has 2 aromatic rings. The van der Waals surface area contributed by atoms with E-state index < -0.39 is 29.8 Å². The van der Waals surface area contributed by atoms with Gasteiger partial charge in [-0.05, 0) is 43.7 Å². The molecule has 1 atom stereocenters. The van der Waals surface area contributed by atoms with E-state index in [-0.39, 0.29) is 18.7 Å². The fourth-order valence-corrected chi connectivity index (χ4v) is 2.20. The molecule has 0 aliphatic rings. The van der Waals surface area contributed by atoms with Crippen LogP contribution in [0.1, 0.15) is 18.9 Å². The largest absolute Gasteiger partial charge is 0.452 e. The van der Waals surface area contributed by atoms with E-state index in [9.17, 15) is 18.8 Å². The highest BCUT2D eigenvalue weighted by atomic mass is 19.1. The number of anilines is 2. The zero-order valence-corrected chi connectivity index (χ0v) is 15.6. The van der Waals surface area contributed by atoms with Crippen LogP contribution in [0.4, 0.5) is 20.6 Å². The average Bonchev–Trinajstić information content (AvgIpc) is 2.65. The van der Waals surface area contributed by atoms with Gasteiger partial charge in [-0.3, -0.25) is 9.59 Å². The number of hydrogen-bond acceptors (Lipinski definition) is 4. The van der Waals surface area contributed by atoms with E-state index in [2.05, 4.69) is 16.0 Å². The smallest absolute Gasteiger partial charge is 0.319 e. The molecule has 0 heterocycles. The van der Waals surface area contributed by atoms with Gasteiger partial charge in [0.2, 0.25) is 0 Å². The topological polar surface area (TPSA) is 96.5 Å². The minimum atomic E-state index is -1.06. The fraction of sp³-hybridized carbons (Fsp3) is 0.250. The van der Waals surface area contributed by atoms with Gasteiger partial charge >= 0.3 is 12.0 Å². The highest BCUT2D eigenvalue weighted by Crippen LogP contribution is 2.14. The first-order chi connectivity index (χ1) is 13.3. The van der Waals surface area contributed by atoms with E-state index in [4.69, 9.17) is 4.74 Å². The van der Waals surface area contributed by atoms with Crippen LogP contribution in [0.2, 0.25) is 0 Å². The van der Waals surface area contributed by atoms with Crippen LogP contribution >= 0.6 is 0 Å². The number of para-hydroxylation sites is 1. The summed E-state index contributed by atoms with van der Waals surface area (Å²) in [4.78, 5) is 35.6. The van der Waals surface area contributed by atoms with Crippen LogP contribution in [-0.2, 0) is 14.3 Å². The molecule has 0 saturated carbocycles. The molecule has 2 aromatic carbocycles. The number of esters is 1. The van der Waals surface area contributed by atoms with E-state index in [0.717, 1.165) is 0 Å². The Morgan fingerprint density at radius 2 is 1.75 bits per heavy atom. The molecule has 0 unspecified atom stereocenters. The Morgan fingerprint density at radius 3 is 2.43 bits per heavy atom. The molecule has 28 heavy (non-hydrogen) atoms. The summed E-state index contributed by atoms with van der Waals surface area (Å²) in [6.45, 7) is 3.07. The third kappa shape index (κ3) is 6.71. The van der Waals surface area contributed by atoms with Gasteiger partial charge in [0.1, 0.15) is 5.82 Å². The van der Waals surface area contributed by atoms with Crippen LogP contribution in [0.3, 0.4) is 0 Å². The molecule has 0 fully saturated rings. The molecule has 0 saturated heterocycles. The lowest BCUT2D eigenvalue weighted by Gasteiger charge is -2.14. The summed E-state index contributed by atoms with van der Waals surface area (Å²) >= 11 is 0. The second kappa shape index (κ2) is 10.1. The van der Waals surface area contributed by atoms with Gasteiger partial charge in [0, 0.05) is 17.9 Å². The van der Waals surface area contributed by atoms with E-state index in [1.54, 1.807) is 37.3 Å². The maximum Gasteiger partial charge on any atom is 0.319 e. The number of amides is 3. The Hall–Kier alpha value is -3.42. The number of carbonyl (C=O) groups is 3. The van der Waals surface area contributed by atoms with Gasteiger partial charge in [-0.15, -0.1) is 0 Å². The van der Waals surface area contributed by atoms with Crippen molar-refractivity contribution in [2.75, 3.05) is 17.2 Å². The maximum atomic E-state index is 13.5. The summed E-state index contributed by atoms with van der Waals surface area (Å²) in [5.74, 6) is -1.66. The molecule has 0 aliphatic carbocycles. The second-order valence-corrected chi connectivity index (χ2v) is 6.08. The summed E-state index contributed by atoms with van der Waals surface area (Å²) in [7, 11) is 0. The summed E-state index contributed by atoms with van der Waals surface area (Å²) in [6.07, 6.45) is -1.16. The lowest BCUT2D eigenvalue weighted by Crippen LogP contribution is -2.33. The number of benzene rings is 2. The van der Waals surface area contributed by atoms with Gasteiger partial charge in [-0.25, -0.2) is 9.18 Å². The molecule has 8 heteroatoms. The summed E-state index contributed by atoms with van der Waals surface area (Å²) < 4.78 is 18.5. The van der Waals surface area contributed by atoms with Crippen LogP contribution in [-0.4, -0.2) is 30.6 Å². The van der Waals surface area contributed by atoms with Gasteiger partial charge in [0.25, 0.3) is 5.91 Å². The van der Waals surface area contributed by atoms with Gasteiger partial charge < -0.3 is 20.7 Å². The van der Waals surface area contributed by atoms with Gasteiger partial charge in [0.05, 0.1) is 6.42 Å². The van der Waals surface area contributed by atoms with Crippen molar-refractivity contribution in [2.24, 2.45) is 0 Å². The first-order valence-corrected chi connectivity index (χ1v) is 8.71. The number of rotatable bonds is 7. The molecular weight excluding hydrogens is 365 g/mol. The fourth-order valence-electron chi connectivity index (χ4n) is 2.20. The summed E-state index contributed by atoms with van der Waals surface area (Å²) in [6, 6.07) is 12.7. The Morgan fingerprint density at radius 1 is 1.04 bits per heavy atom. The van der Waals surface area contributed by atoms with Crippen molar-refractivity contribution in [2.45, 2.75) is 26.4 Å². The normalized spacial score (nSPS) is 11.2. The number of hydrogen-bond donors (Lipinski definition) is 3. The van der Waals surface area contributed by atoms with Crippen molar-refractivity contribution in [3.8, 4) is 0 Å². The molecule has 0 bridgehead atoms. The lowest BCUT2D eigenvalue weighted by molar-refractivity contribution is -0.153. The molecular formula is C20H22FN3O4. The molecule has 0 aliphatic heterocycles. The quantitative estimate of drug-likeness (QED) is 0.636. The van der Waals surface area contributed by atoms with Crippen LogP contribution in [0.15, 0.2) is 48.5 Å². The Bertz CT molecular complexity index is 843. The van der Waals surface area contributed by atoms with E-state index in [1.807, 2.05) is 6.07 Å². The monoisotopic (exact) mass is 387 g/mol.